The molecule has 28 heavy (non-hydrogen) atoms. The molecule has 1 aliphatic heterocycles. The van der Waals surface area contributed by atoms with Crippen LogP contribution in [0.5, 0.6) is 0 Å². The zero-order chi connectivity index (χ0) is 20.1. The molecule has 7 heteroatoms. The molecule has 0 radical (unpaired) electrons. The van der Waals surface area contributed by atoms with E-state index in [0.29, 0.717) is 28.2 Å². The van der Waals surface area contributed by atoms with Crippen molar-refractivity contribution in [3.63, 3.8) is 0 Å². The molecule has 0 spiro atoms. The van der Waals surface area contributed by atoms with Crippen molar-refractivity contribution in [2.45, 2.75) is 56.9 Å². The molecule has 0 unspecified atom stereocenters. The van der Waals surface area contributed by atoms with Crippen LogP contribution in [0.3, 0.4) is 0 Å². The number of thioether (sulfide) groups is 1. The van der Waals surface area contributed by atoms with Crippen LogP contribution in [0.15, 0.2) is 39.2 Å². The summed E-state index contributed by atoms with van der Waals surface area (Å²) in [5, 5.41) is 6.32. The Morgan fingerprint density at radius 2 is 2.14 bits per heavy atom. The molecule has 0 fully saturated rings. The number of carbonyl (C=O) groups is 1. The summed E-state index contributed by atoms with van der Waals surface area (Å²) in [6.45, 7) is 8.37. The molecular formula is C21H25N3O2S2. The van der Waals surface area contributed by atoms with Gasteiger partial charge >= 0.3 is 0 Å². The first-order valence-electron chi connectivity index (χ1n) is 9.66. The van der Waals surface area contributed by atoms with Crippen molar-refractivity contribution in [3.05, 3.63) is 50.1 Å². The summed E-state index contributed by atoms with van der Waals surface area (Å²) in [4.78, 5) is 34.9. The molecule has 1 aliphatic carbocycles. The zero-order valence-electron chi connectivity index (χ0n) is 16.5. The third-order valence-corrected chi connectivity index (χ3v) is 7.54. The van der Waals surface area contributed by atoms with Crippen molar-refractivity contribution in [2.75, 3.05) is 5.32 Å². The van der Waals surface area contributed by atoms with Gasteiger partial charge < -0.3 is 10.3 Å². The van der Waals surface area contributed by atoms with Crippen molar-refractivity contribution in [2.24, 2.45) is 11.3 Å². The van der Waals surface area contributed by atoms with Crippen molar-refractivity contribution in [1.29, 1.82) is 0 Å². The van der Waals surface area contributed by atoms with Gasteiger partial charge in [0.25, 0.3) is 5.56 Å². The van der Waals surface area contributed by atoms with Crippen LogP contribution in [0.25, 0.3) is 0 Å². The molecule has 4 rings (SSSR count). The van der Waals surface area contributed by atoms with Gasteiger partial charge in [-0.25, -0.2) is 4.98 Å². The number of Topliss-reactive ketones (excluding diaryl/α,β-unsaturated/α-hetero) is 1. The molecule has 3 heterocycles. The maximum absolute atomic E-state index is 13.1. The number of H-pyrrole nitrogens is 1. The SMILES string of the molecule is CC[C@@H](C)Sc1nc2c(c(=O)[nH]1)[C@H](c1cccs1)[C@H]1C(=O)CC(C)(C)C=C1N2. The van der Waals surface area contributed by atoms with E-state index in [4.69, 9.17) is 4.98 Å². The molecule has 0 saturated heterocycles. The maximum Gasteiger partial charge on any atom is 0.257 e. The first-order valence-corrected chi connectivity index (χ1v) is 11.4. The Morgan fingerprint density at radius 1 is 1.36 bits per heavy atom. The summed E-state index contributed by atoms with van der Waals surface area (Å²) in [6, 6.07) is 3.98. The van der Waals surface area contributed by atoms with Crippen LogP contribution in [0, 0.1) is 11.3 Å². The predicted octanol–water partition coefficient (Wildman–Crippen LogP) is 4.78. The number of fused-ring (bicyclic) bond motifs is 2. The number of rotatable bonds is 4. The van der Waals surface area contributed by atoms with E-state index in [1.165, 1.54) is 0 Å². The van der Waals surface area contributed by atoms with Crippen molar-refractivity contribution >= 4 is 34.7 Å². The van der Waals surface area contributed by atoms with E-state index < -0.39 is 0 Å². The molecule has 2 aromatic rings. The monoisotopic (exact) mass is 415 g/mol. The van der Waals surface area contributed by atoms with Gasteiger partial charge in [0.15, 0.2) is 5.16 Å². The Bertz CT molecular complexity index is 992. The van der Waals surface area contributed by atoms with Crippen molar-refractivity contribution in [1.82, 2.24) is 9.97 Å². The third kappa shape index (κ3) is 3.46. The smallest absolute Gasteiger partial charge is 0.257 e. The van der Waals surface area contributed by atoms with Gasteiger partial charge in [-0.2, -0.15) is 0 Å². The largest absolute Gasteiger partial charge is 0.343 e. The highest BCUT2D eigenvalue weighted by Gasteiger charge is 2.45. The van der Waals surface area contributed by atoms with E-state index in [9.17, 15) is 9.59 Å². The van der Waals surface area contributed by atoms with Gasteiger partial charge in [0.2, 0.25) is 0 Å². The number of nitrogens with one attached hydrogen (secondary N) is 2. The molecule has 0 amide bonds. The summed E-state index contributed by atoms with van der Waals surface area (Å²) >= 11 is 3.15. The average molecular weight is 416 g/mol. The number of carbonyl (C=O) groups excluding carboxylic acids is 1. The summed E-state index contributed by atoms with van der Waals surface area (Å²) in [7, 11) is 0. The molecule has 0 aromatic carbocycles. The number of hydrogen-bond donors (Lipinski definition) is 2. The Kier molecular flexibility index (Phi) is 5.00. The summed E-state index contributed by atoms with van der Waals surface area (Å²) in [5.74, 6) is 0.123. The highest BCUT2D eigenvalue weighted by atomic mass is 32.2. The van der Waals surface area contributed by atoms with Gasteiger partial charge in [-0.3, -0.25) is 9.59 Å². The minimum absolute atomic E-state index is 0.154. The molecule has 0 bridgehead atoms. The van der Waals surface area contributed by atoms with Crippen molar-refractivity contribution in [3.8, 4) is 0 Å². The lowest BCUT2D eigenvalue weighted by Crippen LogP contribution is -2.41. The maximum atomic E-state index is 13.1. The normalized spacial score (nSPS) is 24.0. The van der Waals surface area contributed by atoms with E-state index in [1.54, 1.807) is 23.1 Å². The summed E-state index contributed by atoms with van der Waals surface area (Å²) < 4.78 is 0. The fourth-order valence-corrected chi connectivity index (χ4v) is 5.74. The first kappa shape index (κ1) is 19.5. The summed E-state index contributed by atoms with van der Waals surface area (Å²) in [5.41, 5.74) is 1.09. The van der Waals surface area contributed by atoms with Gasteiger partial charge in [-0.15, -0.1) is 11.3 Å². The zero-order valence-corrected chi connectivity index (χ0v) is 18.2. The van der Waals surface area contributed by atoms with Gasteiger partial charge in [-0.1, -0.05) is 51.6 Å². The van der Waals surface area contributed by atoms with Gasteiger partial charge in [0, 0.05) is 28.2 Å². The number of allylic oxidation sites excluding steroid dienone is 2. The number of thiophene rings is 1. The second-order valence-electron chi connectivity index (χ2n) is 8.30. The van der Waals surface area contributed by atoms with E-state index in [2.05, 4.69) is 44.1 Å². The van der Waals surface area contributed by atoms with E-state index in [1.807, 2.05) is 17.5 Å². The van der Waals surface area contributed by atoms with Crippen LogP contribution in [-0.2, 0) is 4.79 Å². The van der Waals surface area contributed by atoms with Crippen LogP contribution in [-0.4, -0.2) is 21.0 Å². The number of hydrogen-bond acceptors (Lipinski definition) is 6. The number of aromatic amines is 1. The minimum atomic E-state index is -0.352. The van der Waals surface area contributed by atoms with Crippen LogP contribution in [0.2, 0.25) is 0 Å². The lowest BCUT2D eigenvalue weighted by atomic mass is 9.68. The van der Waals surface area contributed by atoms with Crippen molar-refractivity contribution < 1.29 is 4.79 Å². The number of nitrogens with zero attached hydrogens (tertiary/aromatic N) is 1. The Labute approximate surface area is 173 Å². The Morgan fingerprint density at radius 3 is 2.82 bits per heavy atom. The molecular weight excluding hydrogens is 390 g/mol. The Hall–Kier alpha value is -1.86. The van der Waals surface area contributed by atoms with E-state index in [-0.39, 0.29) is 28.6 Å². The molecule has 0 saturated carbocycles. The molecule has 2 N–H and O–H groups in total. The number of aromatic nitrogens is 2. The molecule has 148 valence electrons. The fraction of sp³-hybridized carbons (Fsp3) is 0.476. The standard InChI is InChI=1S/C21H25N3O2S2/c1-5-11(2)28-20-23-18-17(19(26)24-20)16(14-7-6-8-27-14)15-12(22-18)9-21(3,4)10-13(15)25/h6-9,11,15-16H,5,10H2,1-4H3,(H2,22,23,24,26)/t11-,15-,16-/m1/s1. The molecule has 3 atom stereocenters. The highest BCUT2D eigenvalue weighted by Crippen LogP contribution is 2.48. The van der Waals surface area contributed by atoms with Gasteiger partial charge in [-0.05, 0) is 23.3 Å². The van der Waals surface area contributed by atoms with Crippen LogP contribution >= 0.6 is 23.1 Å². The van der Waals surface area contributed by atoms with E-state index in [0.717, 1.165) is 17.0 Å². The van der Waals surface area contributed by atoms with Crippen LogP contribution in [0.1, 0.15) is 56.9 Å². The quantitative estimate of drug-likeness (QED) is 0.555. The van der Waals surface area contributed by atoms with Crippen LogP contribution < -0.4 is 10.9 Å². The lowest BCUT2D eigenvalue weighted by Gasteiger charge is -2.40. The molecule has 5 nitrogen and oxygen atoms in total. The minimum Gasteiger partial charge on any atom is -0.343 e. The second-order valence-corrected chi connectivity index (χ2v) is 10.7. The molecule has 2 aliphatic rings. The van der Waals surface area contributed by atoms with E-state index >= 15 is 0 Å². The van der Waals surface area contributed by atoms with Gasteiger partial charge in [0.1, 0.15) is 11.6 Å². The third-order valence-electron chi connectivity index (χ3n) is 5.44. The average Bonchev–Trinajstić information content (AvgIpc) is 3.12. The molecule has 2 aromatic heterocycles. The Balaban J connectivity index is 1.89. The number of anilines is 1. The highest BCUT2D eigenvalue weighted by molar-refractivity contribution is 7.99. The number of ketones is 1. The first-order chi connectivity index (χ1) is 13.3. The van der Waals surface area contributed by atoms with Crippen LogP contribution in [0.4, 0.5) is 5.82 Å². The second kappa shape index (κ2) is 7.19. The summed E-state index contributed by atoms with van der Waals surface area (Å²) in [6.07, 6.45) is 3.62. The fourth-order valence-electron chi connectivity index (χ4n) is 4.03. The van der Waals surface area contributed by atoms with Gasteiger partial charge in [0.05, 0.1) is 11.5 Å². The predicted molar refractivity (Wildman–Crippen MR) is 115 cm³/mol. The lowest BCUT2D eigenvalue weighted by molar-refractivity contribution is -0.124. The topological polar surface area (TPSA) is 74.8 Å².